The smallest absolute Gasteiger partial charge is 0.0685 e. The summed E-state index contributed by atoms with van der Waals surface area (Å²) in [5, 5.41) is 10.4. The van der Waals surface area contributed by atoms with Gasteiger partial charge in [-0.15, -0.1) is 0 Å². The molecule has 2 aliphatic rings. The molecule has 1 saturated carbocycles. The number of aliphatic hydroxyl groups is 1. The van der Waals surface area contributed by atoms with Gasteiger partial charge in [-0.1, -0.05) is 24.1 Å². The van der Waals surface area contributed by atoms with E-state index in [0.717, 1.165) is 25.7 Å². The number of hydrogen-bond donors (Lipinski definition) is 1. The SMILES string of the molecule is C=C(C)/C1=C2\CCC[C@](O)(CCCC1)C2. The van der Waals surface area contributed by atoms with E-state index in [0.29, 0.717) is 0 Å². The second kappa shape index (κ2) is 4.13. The predicted octanol–water partition coefficient (Wildman–Crippen LogP) is 3.74. The zero-order chi connectivity index (χ0) is 10.9. The van der Waals surface area contributed by atoms with E-state index in [4.69, 9.17) is 0 Å². The van der Waals surface area contributed by atoms with Crippen molar-refractivity contribution in [1.82, 2.24) is 0 Å². The fourth-order valence-corrected chi connectivity index (χ4v) is 3.12. The van der Waals surface area contributed by atoms with Gasteiger partial charge >= 0.3 is 0 Å². The average Bonchev–Trinajstić information content (AvgIpc) is 2.15. The fraction of sp³-hybridized carbons (Fsp3) is 0.714. The molecule has 1 nitrogen and oxygen atoms in total. The molecule has 0 radical (unpaired) electrons. The molecule has 2 aliphatic carbocycles. The van der Waals surface area contributed by atoms with Gasteiger partial charge in [0.15, 0.2) is 0 Å². The Morgan fingerprint density at radius 3 is 2.67 bits per heavy atom. The van der Waals surface area contributed by atoms with Crippen LogP contribution in [0.25, 0.3) is 0 Å². The summed E-state index contributed by atoms with van der Waals surface area (Å²) in [6, 6.07) is 0. The Hall–Kier alpha value is -0.560. The molecule has 0 aliphatic heterocycles. The van der Waals surface area contributed by atoms with Crippen molar-refractivity contribution in [2.75, 3.05) is 0 Å². The van der Waals surface area contributed by atoms with Crippen molar-refractivity contribution in [2.45, 2.75) is 63.9 Å². The molecule has 2 bridgehead atoms. The van der Waals surface area contributed by atoms with Crippen molar-refractivity contribution in [3.05, 3.63) is 23.3 Å². The summed E-state index contributed by atoms with van der Waals surface area (Å²) in [4.78, 5) is 0. The molecule has 1 N–H and O–H groups in total. The molecule has 0 aromatic rings. The lowest BCUT2D eigenvalue weighted by Crippen LogP contribution is -2.33. The maximum absolute atomic E-state index is 10.4. The summed E-state index contributed by atoms with van der Waals surface area (Å²) in [6.45, 7) is 6.19. The van der Waals surface area contributed by atoms with Crippen molar-refractivity contribution >= 4 is 0 Å². The highest BCUT2D eigenvalue weighted by Crippen LogP contribution is 2.41. The van der Waals surface area contributed by atoms with Crippen LogP contribution in [0.5, 0.6) is 0 Å². The summed E-state index contributed by atoms with van der Waals surface area (Å²) in [5.41, 5.74) is 3.80. The molecule has 1 heteroatoms. The van der Waals surface area contributed by atoms with Gasteiger partial charge in [0, 0.05) is 0 Å². The molecule has 0 amide bonds. The number of hydrogen-bond acceptors (Lipinski definition) is 1. The van der Waals surface area contributed by atoms with Gasteiger partial charge in [0.05, 0.1) is 5.60 Å². The second-order valence-electron chi connectivity index (χ2n) is 5.32. The van der Waals surface area contributed by atoms with Crippen LogP contribution in [-0.2, 0) is 0 Å². The minimum atomic E-state index is -0.380. The van der Waals surface area contributed by atoms with Crippen molar-refractivity contribution < 1.29 is 5.11 Å². The third-order valence-electron chi connectivity index (χ3n) is 3.92. The summed E-state index contributed by atoms with van der Waals surface area (Å²) in [7, 11) is 0. The molecule has 0 aromatic carbocycles. The number of rotatable bonds is 1. The first-order chi connectivity index (χ1) is 7.11. The first-order valence-electron chi connectivity index (χ1n) is 6.20. The zero-order valence-corrected chi connectivity index (χ0v) is 9.81. The van der Waals surface area contributed by atoms with E-state index in [1.165, 1.54) is 42.4 Å². The Morgan fingerprint density at radius 2 is 1.93 bits per heavy atom. The van der Waals surface area contributed by atoms with Gasteiger partial charge in [0.25, 0.3) is 0 Å². The first kappa shape index (κ1) is 10.9. The molecule has 1 fully saturated rings. The lowest BCUT2D eigenvalue weighted by Gasteiger charge is -2.37. The largest absolute Gasteiger partial charge is 0.390 e. The Balaban J connectivity index is 2.31. The molecule has 1 atom stereocenters. The van der Waals surface area contributed by atoms with Crippen LogP contribution in [0.3, 0.4) is 0 Å². The molecule has 84 valence electrons. The summed E-state index contributed by atoms with van der Waals surface area (Å²) >= 11 is 0. The average molecular weight is 206 g/mol. The van der Waals surface area contributed by atoms with Gasteiger partial charge in [0.1, 0.15) is 0 Å². The third kappa shape index (κ3) is 2.34. The highest BCUT2D eigenvalue weighted by atomic mass is 16.3. The highest BCUT2D eigenvalue weighted by molar-refractivity contribution is 5.34. The lowest BCUT2D eigenvalue weighted by molar-refractivity contribution is 0.00735. The van der Waals surface area contributed by atoms with Crippen molar-refractivity contribution in [1.29, 1.82) is 0 Å². The molecular formula is C14H22O. The van der Waals surface area contributed by atoms with E-state index in [-0.39, 0.29) is 5.60 Å². The topological polar surface area (TPSA) is 20.2 Å². The van der Waals surface area contributed by atoms with Gasteiger partial charge in [0.2, 0.25) is 0 Å². The van der Waals surface area contributed by atoms with Gasteiger partial charge in [-0.3, -0.25) is 0 Å². The van der Waals surface area contributed by atoms with E-state index >= 15 is 0 Å². The van der Waals surface area contributed by atoms with Crippen molar-refractivity contribution in [2.24, 2.45) is 0 Å². The molecule has 15 heavy (non-hydrogen) atoms. The van der Waals surface area contributed by atoms with Crippen LogP contribution < -0.4 is 0 Å². The molecule has 0 unspecified atom stereocenters. The van der Waals surface area contributed by atoms with Gasteiger partial charge in [-0.05, 0) is 57.4 Å². The molecular weight excluding hydrogens is 184 g/mol. The van der Waals surface area contributed by atoms with Gasteiger partial charge in [-0.2, -0.15) is 0 Å². The second-order valence-corrected chi connectivity index (χ2v) is 5.32. The van der Waals surface area contributed by atoms with E-state index in [1.54, 1.807) is 0 Å². The van der Waals surface area contributed by atoms with Crippen LogP contribution in [0.2, 0.25) is 0 Å². The number of fused-ring (bicyclic) bond motifs is 2. The van der Waals surface area contributed by atoms with E-state index in [1.807, 2.05) is 0 Å². The maximum Gasteiger partial charge on any atom is 0.0685 e. The van der Waals surface area contributed by atoms with Gasteiger partial charge < -0.3 is 5.11 Å². The van der Waals surface area contributed by atoms with Gasteiger partial charge in [-0.25, -0.2) is 0 Å². The van der Waals surface area contributed by atoms with E-state index in [9.17, 15) is 5.11 Å². The van der Waals surface area contributed by atoms with Crippen LogP contribution in [0.1, 0.15) is 58.3 Å². The predicted molar refractivity (Wildman–Crippen MR) is 63.7 cm³/mol. The normalized spacial score (nSPS) is 36.9. The fourth-order valence-electron chi connectivity index (χ4n) is 3.12. The van der Waals surface area contributed by atoms with Crippen LogP contribution in [0.15, 0.2) is 23.3 Å². The van der Waals surface area contributed by atoms with Crippen LogP contribution in [0.4, 0.5) is 0 Å². The molecule has 0 aromatic heterocycles. The zero-order valence-electron chi connectivity index (χ0n) is 9.81. The molecule has 0 heterocycles. The Kier molecular flexibility index (Phi) is 3.01. The molecule has 0 spiro atoms. The van der Waals surface area contributed by atoms with E-state index in [2.05, 4.69) is 13.5 Å². The monoisotopic (exact) mass is 206 g/mol. The summed E-state index contributed by atoms with van der Waals surface area (Å²) < 4.78 is 0. The Bertz CT molecular complexity index is 300. The van der Waals surface area contributed by atoms with Crippen molar-refractivity contribution in [3.8, 4) is 0 Å². The molecule has 2 rings (SSSR count). The summed E-state index contributed by atoms with van der Waals surface area (Å²) in [6.07, 6.45) is 8.82. The van der Waals surface area contributed by atoms with Crippen LogP contribution >= 0.6 is 0 Å². The first-order valence-corrected chi connectivity index (χ1v) is 6.20. The minimum absolute atomic E-state index is 0.380. The highest BCUT2D eigenvalue weighted by Gasteiger charge is 2.33. The van der Waals surface area contributed by atoms with E-state index < -0.39 is 0 Å². The Morgan fingerprint density at radius 1 is 1.20 bits per heavy atom. The Labute approximate surface area is 92.9 Å². The van der Waals surface area contributed by atoms with Crippen molar-refractivity contribution in [3.63, 3.8) is 0 Å². The summed E-state index contributed by atoms with van der Waals surface area (Å²) in [5.74, 6) is 0. The minimum Gasteiger partial charge on any atom is -0.390 e. The lowest BCUT2D eigenvalue weighted by atomic mass is 9.74. The maximum atomic E-state index is 10.4. The number of allylic oxidation sites excluding steroid dienone is 2. The van der Waals surface area contributed by atoms with Crippen LogP contribution in [0, 0.1) is 0 Å². The standard InChI is InChI=1S/C14H22O/c1-11(2)13-7-3-4-8-14(15)9-5-6-12(13)10-14/h15H,1,3-10H2,2H3/b13-12+/t14-/m1/s1. The quantitative estimate of drug-likeness (QED) is 0.693. The van der Waals surface area contributed by atoms with Crippen LogP contribution in [-0.4, -0.2) is 10.7 Å². The molecule has 0 saturated heterocycles. The third-order valence-corrected chi connectivity index (χ3v) is 3.92.